The van der Waals surface area contributed by atoms with Crippen LogP contribution in [-0.2, 0) is 21.6 Å². The molecule has 3 rings (SSSR count). The van der Waals surface area contributed by atoms with Crippen molar-refractivity contribution in [1.29, 1.82) is 0 Å². The molecule has 2 heterocycles. The van der Waals surface area contributed by atoms with E-state index in [1.165, 1.54) is 4.57 Å². The van der Waals surface area contributed by atoms with Crippen LogP contribution in [0, 0.1) is 0 Å². The molecule has 1 fully saturated rings. The summed E-state index contributed by atoms with van der Waals surface area (Å²) in [5, 5.41) is 7.94. The molecule has 1 aromatic carbocycles. The van der Waals surface area contributed by atoms with Crippen LogP contribution >= 0.6 is 0 Å². The first-order valence-corrected chi connectivity index (χ1v) is 9.54. The molecular formula is C16H21N3O4S. The Labute approximate surface area is 141 Å². The van der Waals surface area contributed by atoms with Crippen LogP contribution in [0.25, 0.3) is 11.4 Å². The highest BCUT2D eigenvalue weighted by Gasteiger charge is 2.28. The van der Waals surface area contributed by atoms with Crippen LogP contribution in [0.4, 0.5) is 0 Å². The molecule has 0 unspecified atom stereocenters. The highest BCUT2D eigenvalue weighted by Crippen LogP contribution is 2.24. The van der Waals surface area contributed by atoms with Crippen LogP contribution in [0.1, 0.15) is 19.3 Å². The van der Waals surface area contributed by atoms with Gasteiger partial charge in [-0.25, -0.2) is 8.42 Å². The molecule has 0 N–H and O–H groups in total. The lowest BCUT2D eigenvalue weighted by Crippen LogP contribution is -2.28. The van der Waals surface area contributed by atoms with Crippen LogP contribution in [-0.4, -0.2) is 48.8 Å². The topological polar surface area (TPSA) is 83.3 Å². The van der Waals surface area contributed by atoms with Gasteiger partial charge in [0.15, 0.2) is 5.82 Å². The number of nitrogens with zero attached hydrogens (tertiary/aromatic N) is 3. The first-order valence-electron chi connectivity index (χ1n) is 7.89. The van der Waals surface area contributed by atoms with E-state index in [-0.39, 0.29) is 17.0 Å². The van der Waals surface area contributed by atoms with E-state index in [4.69, 9.17) is 9.47 Å². The summed E-state index contributed by atoms with van der Waals surface area (Å²) in [6.45, 7) is 0.621. The van der Waals surface area contributed by atoms with Crippen LogP contribution in [0.5, 0.6) is 5.75 Å². The van der Waals surface area contributed by atoms with Crippen molar-refractivity contribution in [1.82, 2.24) is 14.8 Å². The molecule has 1 aliphatic rings. The molecular weight excluding hydrogens is 330 g/mol. The van der Waals surface area contributed by atoms with Crippen LogP contribution in [0.15, 0.2) is 29.4 Å². The number of aromatic nitrogens is 3. The minimum Gasteiger partial charge on any atom is -0.497 e. The van der Waals surface area contributed by atoms with Crippen molar-refractivity contribution >= 4 is 9.84 Å². The van der Waals surface area contributed by atoms with Gasteiger partial charge in [-0.3, -0.25) is 0 Å². The number of benzene rings is 1. The minimum absolute atomic E-state index is 0.0255. The van der Waals surface area contributed by atoms with Gasteiger partial charge in [0, 0.05) is 19.2 Å². The van der Waals surface area contributed by atoms with Crippen molar-refractivity contribution < 1.29 is 17.9 Å². The Bertz CT molecular complexity index is 793. The molecule has 130 valence electrons. The van der Waals surface area contributed by atoms with Crippen molar-refractivity contribution in [3.8, 4) is 17.1 Å². The van der Waals surface area contributed by atoms with Crippen LogP contribution in [0.2, 0.25) is 0 Å². The van der Waals surface area contributed by atoms with Gasteiger partial charge in [-0.15, -0.1) is 10.2 Å². The van der Waals surface area contributed by atoms with Crippen LogP contribution < -0.4 is 4.74 Å². The Morgan fingerprint density at radius 3 is 2.62 bits per heavy atom. The molecule has 1 saturated heterocycles. The summed E-state index contributed by atoms with van der Waals surface area (Å²) in [4.78, 5) is 0. The summed E-state index contributed by atoms with van der Waals surface area (Å²) in [5.41, 5.74) is 0.779. The fourth-order valence-electron chi connectivity index (χ4n) is 2.84. The number of sulfone groups is 1. The maximum absolute atomic E-state index is 12.6. The fourth-order valence-corrected chi connectivity index (χ4v) is 4.41. The van der Waals surface area contributed by atoms with Gasteiger partial charge < -0.3 is 14.0 Å². The van der Waals surface area contributed by atoms with Gasteiger partial charge >= 0.3 is 0 Å². The van der Waals surface area contributed by atoms with Gasteiger partial charge in [-0.2, -0.15) is 0 Å². The normalized spacial score (nSPS) is 18.5. The van der Waals surface area contributed by atoms with Crippen molar-refractivity contribution in [2.24, 2.45) is 7.05 Å². The summed E-state index contributed by atoms with van der Waals surface area (Å²) in [6.07, 6.45) is 2.49. The van der Waals surface area contributed by atoms with E-state index in [1.807, 2.05) is 12.1 Å². The Kier molecular flexibility index (Phi) is 4.86. The zero-order valence-electron chi connectivity index (χ0n) is 13.8. The molecule has 0 spiro atoms. The number of ether oxygens (including phenoxy) is 2. The van der Waals surface area contributed by atoms with Gasteiger partial charge in [-0.05, 0) is 43.5 Å². The van der Waals surface area contributed by atoms with E-state index >= 15 is 0 Å². The largest absolute Gasteiger partial charge is 0.497 e. The van der Waals surface area contributed by atoms with E-state index in [1.54, 1.807) is 26.3 Å². The van der Waals surface area contributed by atoms with Crippen molar-refractivity contribution in [2.45, 2.75) is 30.5 Å². The molecule has 0 saturated carbocycles. The zero-order chi connectivity index (χ0) is 17.2. The lowest BCUT2D eigenvalue weighted by Gasteiger charge is -2.21. The van der Waals surface area contributed by atoms with E-state index in [9.17, 15) is 8.42 Å². The summed E-state index contributed by atoms with van der Waals surface area (Å²) >= 11 is 0. The Morgan fingerprint density at radius 1 is 1.25 bits per heavy atom. The lowest BCUT2D eigenvalue weighted by molar-refractivity contribution is 0.0304. The third-order valence-electron chi connectivity index (χ3n) is 4.14. The van der Waals surface area contributed by atoms with E-state index in [2.05, 4.69) is 10.2 Å². The predicted octanol–water partition coefficient (Wildman–Crippen LogP) is 1.83. The molecule has 2 aromatic rings. The average molecular weight is 351 g/mol. The van der Waals surface area contributed by atoms with Crippen molar-refractivity contribution in [3.05, 3.63) is 24.3 Å². The number of methoxy groups -OCH3 is 1. The molecule has 0 amide bonds. The van der Waals surface area contributed by atoms with Crippen LogP contribution in [0.3, 0.4) is 0 Å². The van der Waals surface area contributed by atoms with E-state index in [0.717, 1.165) is 30.6 Å². The second-order valence-electron chi connectivity index (χ2n) is 5.86. The quantitative estimate of drug-likeness (QED) is 0.817. The predicted molar refractivity (Wildman–Crippen MR) is 88.6 cm³/mol. The summed E-state index contributed by atoms with van der Waals surface area (Å²) in [6, 6.07) is 7.25. The number of hydrogen-bond donors (Lipinski definition) is 0. The Morgan fingerprint density at radius 2 is 2.00 bits per heavy atom. The maximum atomic E-state index is 12.6. The van der Waals surface area contributed by atoms with Crippen molar-refractivity contribution in [2.75, 3.05) is 19.5 Å². The van der Waals surface area contributed by atoms with E-state index < -0.39 is 9.84 Å². The molecule has 1 atom stereocenters. The van der Waals surface area contributed by atoms with Crippen molar-refractivity contribution in [3.63, 3.8) is 0 Å². The highest BCUT2D eigenvalue weighted by molar-refractivity contribution is 7.91. The average Bonchev–Trinajstić information content (AvgIpc) is 2.98. The Hall–Kier alpha value is -1.93. The molecule has 0 radical (unpaired) electrons. The molecule has 1 aliphatic heterocycles. The standard InChI is InChI=1S/C16H21N3O4S/c1-19-15(12-6-8-13(22-2)9-7-12)17-18-16(19)24(20,21)11-14-5-3-4-10-23-14/h6-9,14H,3-5,10-11H2,1-2H3/t14-/m1/s1. The molecule has 7 nitrogen and oxygen atoms in total. The van der Waals surface area contributed by atoms with Gasteiger partial charge in [0.05, 0.1) is 19.0 Å². The summed E-state index contributed by atoms with van der Waals surface area (Å²) in [5.74, 6) is 1.17. The number of hydrogen-bond acceptors (Lipinski definition) is 6. The van der Waals surface area contributed by atoms with Gasteiger partial charge in [0.1, 0.15) is 5.75 Å². The minimum atomic E-state index is -3.55. The first kappa shape index (κ1) is 16.9. The van der Waals surface area contributed by atoms with E-state index in [0.29, 0.717) is 12.4 Å². The first-order chi connectivity index (χ1) is 11.5. The zero-order valence-corrected chi connectivity index (χ0v) is 14.6. The third-order valence-corrected chi connectivity index (χ3v) is 5.86. The molecule has 0 aliphatic carbocycles. The second-order valence-corrected chi connectivity index (χ2v) is 7.79. The fraction of sp³-hybridized carbons (Fsp3) is 0.500. The van der Waals surface area contributed by atoms with Gasteiger partial charge in [0.25, 0.3) is 0 Å². The molecule has 0 bridgehead atoms. The van der Waals surface area contributed by atoms with Gasteiger partial charge in [0.2, 0.25) is 15.0 Å². The monoisotopic (exact) mass is 351 g/mol. The second kappa shape index (κ2) is 6.90. The summed E-state index contributed by atoms with van der Waals surface area (Å²) < 4.78 is 37.5. The van der Waals surface area contributed by atoms with Gasteiger partial charge in [-0.1, -0.05) is 0 Å². The lowest BCUT2D eigenvalue weighted by atomic mass is 10.1. The summed E-state index contributed by atoms with van der Waals surface area (Å²) in [7, 11) is -0.297. The number of rotatable bonds is 5. The Balaban J connectivity index is 1.85. The molecule has 1 aromatic heterocycles. The molecule has 24 heavy (non-hydrogen) atoms. The highest BCUT2D eigenvalue weighted by atomic mass is 32.2. The smallest absolute Gasteiger partial charge is 0.249 e. The third kappa shape index (κ3) is 3.44. The molecule has 8 heteroatoms. The SMILES string of the molecule is COc1ccc(-c2nnc(S(=O)(=O)C[C@H]3CCCCO3)n2C)cc1. The maximum Gasteiger partial charge on any atom is 0.249 e.